The van der Waals surface area contributed by atoms with Crippen LogP contribution in [0.1, 0.15) is 24.8 Å². The van der Waals surface area contributed by atoms with E-state index in [1.165, 1.54) is 6.07 Å². The van der Waals surface area contributed by atoms with E-state index in [9.17, 15) is 15.2 Å². The monoisotopic (exact) mass is 290 g/mol. The van der Waals surface area contributed by atoms with Crippen molar-refractivity contribution in [3.05, 3.63) is 46.0 Å². The highest BCUT2D eigenvalue weighted by Gasteiger charge is 2.25. The molecule has 1 fully saturated rings. The van der Waals surface area contributed by atoms with E-state index in [2.05, 4.69) is 4.90 Å². The topological polar surface area (TPSA) is 66.6 Å². The highest BCUT2D eigenvalue weighted by Crippen LogP contribution is 2.26. The van der Waals surface area contributed by atoms with Crippen LogP contribution in [0.25, 0.3) is 6.08 Å². The minimum atomic E-state index is -0.363. The first-order valence-corrected chi connectivity index (χ1v) is 7.34. The third kappa shape index (κ3) is 4.37. The average Bonchev–Trinajstić information content (AvgIpc) is 2.84. The van der Waals surface area contributed by atoms with Crippen molar-refractivity contribution in [1.82, 2.24) is 4.90 Å². The van der Waals surface area contributed by atoms with Gasteiger partial charge < -0.3 is 10.0 Å². The second-order valence-electron chi connectivity index (χ2n) is 5.70. The minimum Gasteiger partial charge on any atom is -0.393 e. The Morgan fingerprint density at radius 2 is 2.19 bits per heavy atom. The number of hydrogen-bond donors (Lipinski definition) is 1. The highest BCUT2D eigenvalue weighted by atomic mass is 16.6. The summed E-state index contributed by atoms with van der Waals surface area (Å²) in [6.07, 6.45) is 6.64. The van der Waals surface area contributed by atoms with Gasteiger partial charge in [0.2, 0.25) is 0 Å². The number of para-hydroxylation sites is 1. The molecule has 1 N–H and O–H groups in total. The molecule has 1 saturated carbocycles. The predicted molar refractivity (Wildman–Crippen MR) is 83.0 cm³/mol. The summed E-state index contributed by atoms with van der Waals surface area (Å²) in [7, 11) is 2.01. The molecule has 2 unspecified atom stereocenters. The van der Waals surface area contributed by atoms with Crippen LogP contribution in [0.4, 0.5) is 5.69 Å². The van der Waals surface area contributed by atoms with E-state index in [-0.39, 0.29) is 16.7 Å². The van der Waals surface area contributed by atoms with Gasteiger partial charge in [-0.1, -0.05) is 30.7 Å². The predicted octanol–water partition coefficient (Wildman–Crippen LogP) is 2.70. The van der Waals surface area contributed by atoms with Gasteiger partial charge in [0.15, 0.2) is 0 Å². The first-order valence-electron chi connectivity index (χ1n) is 7.34. The largest absolute Gasteiger partial charge is 0.393 e. The molecule has 114 valence electrons. The van der Waals surface area contributed by atoms with E-state index in [0.29, 0.717) is 11.5 Å². The quantitative estimate of drug-likeness (QED) is 0.646. The summed E-state index contributed by atoms with van der Waals surface area (Å²) in [6.45, 7) is 1.58. The van der Waals surface area contributed by atoms with Crippen LogP contribution in [0.5, 0.6) is 0 Å². The Morgan fingerprint density at radius 3 is 2.86 bits per heavy atom. The number of hydrogen-bond acceptors (Lipinski definition) is 4. The van der Waals surface area contributed by atoms with Gasteiger partial charge in [-0.2, -0.15) is 0 Å². The lowest BCUT2D eigenvalue weighted by molar-refractivity contribution is -0.385. The van der Waals surface area contributed by atoms with Gasteiger partial charge in [0.1, 0.15) is 0 Å². The van der Waals surface area contributed by atoms with E-state index in [1.54, 1.807) is 24.3 Å². The first kappa shape index (κ1) is 15.7. The Kier molecular flexibility index (Phi) is 5.47. The maximum atomic E-state index is 10.9. The van der Waals surface area contributed by atoms with Crippen LogP contribution < -0.4 is 0 Å². The van der Waals surface area contributed by atoms with Crippen LogP contribution in [-0.2, 0) is 0 Å². The molecule has 5 heteroatoms. The molecular weight excluding hydrogens is 268 g/mol. The zero-order chi connectivity index (χ0) is 15.2. The molecule has 0 saturated heterocycles. The molecule has 0 heterocycles. The van der Waals surface area contributed by atoms with Crippen molar-refractivity contribution in [2.75, 3.05) is 20.1 Å². The van der Waals surface area contributed by atoms with E-state index in [0.717, 1.165) is 32.4 Å². The average molecular weight is 290 g/mol. The van der Waals surface area contributed by atoms with Crippen molar-refractivity contribution in [3.63, 3.8) is 0 Å². The maximum absolute atomic E-state index is 10.9. The second-order valence-corrected chi connectivity index (χ2v) is 5.70. The van der Waals surface area contributed by atoms with Crippen molar-refractivity contribution in [2.45, 2.75) is 25.4 Å². The van der Waals surface area contributed by atoms with Gasteiger partial charge in [-0.3, -0.25) is 10.1 Å². The van der Waals surface area contributed by atoms with Crippen molar-refractivity contribution < 1.29 is 10.0 Å². The van der Waals surface area contributed by atoms with Crippen LogP contribution >= 0.6 is 0 Å². The Morgan fingerprint density at radius 1 is 1.43 bits per heavy atom. The smallest absolute Gasteiger partial charge is 0.276 e. The number of likely N-dealkylation sites (N-methyl/N-ethyl adjacent to an activating group) is 1. The lowest BCUT2D eigenvalue weighted by Crippen LogP contribution is -2.29. The van der Waals surface area contributed by atoms with Gasteiger partial charge in [-0.05, 0) is 31.9 Å². The fourth-order valence-corrected chi connectivity index (χ4v) is 2.86. The molecule has 1 aromatic rings. The number of aliphatic hydroxyl groups is 1. The van der Waals surface area contributed by atoms with Gasteiger partial charge in [0.05, 0.1) is 16.6 Å². The number of nitrogens with zero attached hydrogens (tertiary/aromatic N) is 2. The summed E-state index contributed by atoms with van der Waals surface area (Å²) in [5.74, 6) is 0.356. The van der Waals surface area contributed by atoms with Crippen LogP contribution in [-0.4, -0.2) is 41.2 Å². The molecule has 0 amide bonds. The standard InChI is InChI=1S/C16H22N2O3/c1-17(12-14-7-4-10-16(14)19)11-5-8-13-6-2-3-9-15(13)18(20)21/h2-3,5-6,8-9,14,16,19H,4,7,10-12H2,1H3/b8-5+. The normalized spacial score (nSPS) is 22.2. The SMILES string of the molecule is CN(C/C=C/c1ccccc1[N+](=O)[O-])CC1CCCC1O. The molecule has 1 aliphatic carbocycles. The summed E-state index contributed by atoms with van der Waals surface area (Å²) in [4.78, 5) is 12.7. The first-order chi connectivity index (χ1) is 10.1. The minimum absolute atomic E-state index is 0.127. The van der Waals surface area contributed by atoms with Crippen molar-refractivity contribution in [1.29, 1.82) is 0 Å². The van der Waals surface area contributed by atoms with Gasteiger partial charge >= 0.3 is 0 Å². The van der Waals surface area contributed by atoms with E-state index in [4.69, 9.17) is 0 Å². The second kappa shape index (κ2) is 7.33. The van der Waals surface area contributed by atoms with Crippen LogP contribution in [0, 0.1) is 16.0 Å². The molecule has 5 nitrogen and oxygen atoms in total. The third-order valence-corrected chi connectivity index (χ3v) is 4.01. The number of benzene rings is 1. The summed E-state index contributed by atoms with van der Waals surface area (Å²) in [6, 6.07) is 6.72. The summed E-state index contributed by atoms with van der Waals surface area (Å²) in [5, 5.41) is 20.7. The zero-order valence-corrected chi connectivity index (χ0v) is 12.3. The Balaban J connectivity index is 1.89. The van der Waals surface area contributed by atoms with Crippen molar-refractivity contribution in [3.8, 4) is 0 Å². The Bertz CT molecular complexity index is 516. The molecule has 0 aliphatic heterocycles. The van der Waals surface area contributed by atoms with E-state index < -0.39 is 0 Å². The molecule has 1 aromatic carbocycles. The number of aliphatic hydroxyl groups excluding tert-OH is 1. The van der Waals surface area contributed by atoms with Crippen LogP contribution in [0.3, 0.4) is 0 Å². The molecule has 0 aromatic heterocycles. The zero-order valence-electron chi connectivity index (χ0n) is 12.3. The van der Waals surface area contributed by atoms with Gasteiger partial charge in [-0.25, -0.2) is 0 Å². The fourth-order valence-electron chi connectivity index (χ4n) is 2.86. The Hall–Kier alpha value is -1.72. The molecule has 21 heavy (non-hydrogen) atoms. The molecule has 0 spiro atoms. The van der Waals surface area contributed by atoms with Crippen LogP contribution in [0.2, 0.25) is 0 Å². The van der Waals surface area contributed by atoms with Gasteiger partial charge in [0, 0.05) is 19.2 Å². The van der Waals surface area contributed by atoms with Crippen molar-refractivity contribution >= 4 is 11.8 Å². The van der Waals surface area contributed by atoms with Gasteiger partial charge in [0.25, 0.3) is 5.69 Å². The van der Waals surface area contributed by atoms with Gasteiger partial charge in [-0.15, -0.1) is 0 Å². The number of rotatable bonds is 6. The lowest BCUT2D eigenvalue weighted by atomic mass is 10.1. The molecule has 0 bridgehead atoms. The van der Waals surface area contributed by atoms with E-state index >= 15 is 0 Å². The molecule has 2 rings (SSSR count). The van der Waals surface area contributed by atoms with E-state index in [1.807, 2.05) is 13.1 Å². The fraction of sp³-hybridized carbons (Fsp3) is 0.500. The lowest BCUT2D eigenvalue weighted by Gasteiger charge is -2.21. The summed E-state index contributed by atoms with van der Waals surface area (Å²) >= 11 is 0. The third-order valence-electron chi connectivity index (χ3n) is 4.01. The highest BCUT2D eigenvalue weighted by molar-refractivity contribution is 5.60. The molecular formula is C16H22N2O3. The summed E-state index contributed by atoms with van der Waals surface area (Å²) < 4.78 is 0. The molecule has 1 aliphatic rings. The Labute approximate surface area is 125 Å². The maximum Gasteiger partial charge on any atom is 0.276 e. The van der Waals surface area contributed by atoms with Crippen LogP contribution in [0.15, 0.2) is 30.3 Å². The number of nitro benzene ring substituents is 1. The summed E-state index contributed by atoms with van der Waals surface area (Å²) in [5.41, 5.74) is 0.749. The van der Waals surface area contributed by atoms with Crippen molar-refractivity contribution in [2.24, 2.45) is 5.92 Å². The molecule has 0 radical (unpaired) electrons. The molecule has 2 atom stereocenters. The number of nitro groups is 1.